The highest BCUT2D eigenvalue weighted by molar-refractivity contribution is 6.46. The zero-order valence-corrected chi connectivity index (χ0v) is 19.1. The average molecular weight is 442 g/mol. The third kappa shape index (κ3) is 4.83. The maximum absolute atomic E-state index is 13.0. The lowest BCUT2D eigenvalue weighted by molar-refractivity contribution is -0.140. The molecule has 1 amide bonds. The fourth-order valence-electron chi connectivity index (χ4n) is 3.77. The summed E-state index contributed by atoms with van der Waals surface area (Å²) < 4.78 is 5.12. The second kappa shape index (κ2) is 9.25. The first-order chi connectivity index (χ1) is 14.6. The predicted molar refractivity (Wildman–Crippen MR) is 122 cm³/mol. The summed E-state index contributed by atoms with van der Waals surface area (Å²) in [5.74, 6) is -1.50. The quantitative estimate of drug-likeness (QED) is 0.293. The maximum atomic E-state index is 13.0. The molecule has 1 fully saturated rings. The van der Waals surface area contributed by atoms with Gasteiger partial charge in [0.05, 0.1) is 11.6 Å². The van der Waals surface area contributed by atoms with Gasteiger partial charge in [0, 0.05) is 30.8 Å². The average Bonchev–Trinajstić information content (AvgIpc) is 2.98. The molecule has 164 valence electrons. The molecular formula is C25H28ClNO4. The lowest BCUT2D eigenvalue weighted by Gasteiger charge is -2.26. The Kier molecular flexibility index (Phi) is 6.87. The number of Topliss-reactive ketones (excluding diaryl/α,β-unsaturated/α-hetero) is 1. The minimum Gasteiger partial charge on any atom is -0.507 e. The number of aliphatic hydroxyl groups is 1. The summed E-state index contributed by atoms with van der Waals surface area (Å²) in [7, 11) is 1.59. The topological polar surface area (TPSA) is 66.8 Å². The summed E-state index contributed by atoms with van der Waals surface area (Å²) in [6, 6.07) is 13.7. The van der Waals surface area contributed by atoms with Gasteiger partial charge in [-0.15, -0.1) is 0 Å². The number of ether oxygens (including phenoxy) is 1. The van der Waals surface area contributed by atoms with Crippen LogP contribution in [0.4, 0.5) is 0 Å². The molecule has 1 saturated heterocycles. The first-order valence-corrected chi connectivity index (χ1v) is 10.7. The second-order valence-electron chi connectivity index (χ2n) is 8.72. The van der Waals surface area contributed by atoms with Crippen LogP contribution in [0.3, 0.4) is 0 Å². The molecule has 1 aliphatic rings. The lowest BCUT2D eigenvalue weighted by atomic mass is 9.85. The fraction of sp³-hybridized carbons (Fsp3) is 0.360. The van der Waals surface area contributed by atoms with Crippen LogP contribution in [0.2, 0.25) is 5.02 Å². The van der Waals surface area contributed by atoms with E-state index in [9.17, 15) is 14.7 Å². The molecule has 1 N–H and O–H groups in total. The summed E-state index contributed by atoms with van der Waals surface area (Å²) >= 11 is 5.96. The molecule has 0 radical (unpaired) electrons. The Balaban J connectivity index is 2.11. The molecule has 0 saturated carbocycles. The first-order valence-electron chi connectivity index (χ1n) is 10.3. The van der Waals surface area contributed by atoms with E-state index in [4.69, 9.17) is 16.3 Å². The molecule has 2 aromatic carbocycles. The number of nitrogens with zero attached hydrogens (tertiary/aromatic N) is 1. The van der Waals surface area contributed by atoms with Gasteiger partial charge in [-0.3, -0.25) is 9.59 Å². The molecular weight excluding hydrogens is 414 g/mol. The summed E-state index contributed by atoms with van der Waals surface area (Å²) in [6.07, 6.45) is 0.584. The number of carbonyl (C=O) groups excluding carboxylic acids is 2. The van der Waals surface area contributed by atoms with Crippen LogP contribution in [0.25, 0.3) is 5.76 Å². The van der Waals surface area contributed by atoms with E-state index in [1.807, 2.05) is 24.3 Å². The van der Waals surface area contributed by atoms with Crippen LogP contribution in [0.15, 0.2) is 54.1 Å². The summed E-state index contributed by atoms with van der Waals surface area (Å²) in [6.45, 7) is 7.19. The van der Waals surface area contributed by atoms with Gasteiger partial charge in [0.2, 0.25) is 0 Å². The van der Waals surface area contributed by atoms with Gasteiger partial charge in [-0.05, 0) is 47.2 Å². The van der Waals surface area contributed by atoms with Crippen LogP contribution in [0.5, 0.6) is 0 Å². The molecule has 31 heavy (non-hydrogen) atoms. The molecule has 1 aliphatic heterocycles. The highest BCUT2D eigenvalue weighted by Crippen LogP contribution is 2.40. The summed E-state index contributed by atoms with van der Waals surface area (Å²) in [5.41, 5.74) is 2.43. The number of hydrogen-bond donors (Lipinski definition) is 1. The molecule has 0 aliphatic carbocycles. The number of carbonyl (C=O) groups is 2. The number of hydrogen-bond acceptors (Lipinski definition) is 4. The van der Waals surface area contributed by atoms with Crippen LogP contribution in [0.1, 0.15) is 49.9 Å². The Bertz CT molecular complexity index is 988. The fourth-order valence-corrected chi connectivity index (χ4v) is 3.89. The van der Waals surface area contributed by atoms with E-state index < -0.39 is 17.7 Å². The van der Waals surface area contributed by atoms with Crippen LogP contribution < -0.4 is 0 Å². The molecule has 1 atom stereocenters. The normalized spacial score (nSPS) is 18.6. The van der Waals surface area contributed by atoms with Crippen molar-refractivity contribution >= 4 is 29.1 Å². The molecule has 2 aromatic rings. The second-order valence-corrected chi connectivity index (χ2v) is 9.15. The molecule has 6 heteroatoms. The number of benzene rings is 2. The summed E-state index contributed by atoms with van der Waals surface area (Å²) in [5, 5.41) is 11.5. The van der Waals surface area contributed by atoms with Crippen molar-refractivity contribution in [2.24, 2.45) is 0 Å². The van der Waals surface area contributed by atoms with Gasteiger partial charge in [0.15, 0.2) is 0 Å². The SMILES string of the molecule is COCCCN1C(=O)C(=O)C(=C(O)c2ccc(Cl)cc2)[C@H]1c1ccc(C(C)(C)C)cc1. The third-order valence-electron chi connectivity index (χ3n) is 5.50. The minimum absolute atomic E-state index is 0.0257. The van der Waals surface area contributed by atoms with E-state index in [0.717, 1.165) is 11.1 Å². The van der Waals surface area contributed by atoms with E-state index in [-0.39, 0.29) is 16.7 Å². The van der Waals surface area contributed by atoms with Gasteiger partial charge in [0.1, 0.15) is 5.76 Å². The predicted octanol–water partition coefficient (Wildman–Crippen LogP) is 5.10. The number of halogens is 1. The highest BCUT2D eigenvalue weighted by atomic mass is 35.5. The van der Waals surface area contributed by atoms with Gasteiger partial charge < -0.3 is 14.7 Å². The van der Waals surface area contributed by atoms with E-state index >= 15 is 0 Å². The monoisotopic (exact) mass is 441 g/mol. The number of ketones is 1. The highest BCUT2D eigenvalue weighted by Gasteiger charge is 2.45. The largest absolute Gasteiger partial charge is 0.507 e. The molecule has 1 heterocycles. The number of aliphatic hydroxyl groups excluding tert-OH is 1. The zero-order chi connectivity index (χ0) is 22.8. The number of methoxy groups -OCH3 is 1. The van der Waals surface area contributed by atoms with Crippen molar-refractivity contribution in [1.29, 1.82) is 0 Å². The number of rotatable bonds is 6. The molecule has 0 spiro atoms. The van der Waals surface area contributed by atoms with Gasteiger partial charge in [-0.2, -0.15) is 0 Å². The van der Waals surface area contributed by atoms with Crippen molar-refractivity contribution in [2.75, 3.05) is 20.3 Å². The Hall–Kier alpha value is -2.63. The summed E-state index contributed by atoms with van der Waals surface area (Å²) in [4.78, 5) is 27.4. The van der Waals surface area contributed by atoms with E-state index in [0.29, 0.717) is 30.2 Å². The maximum Gasteiger partial charge on any atom is 0.295 e. The first kappa shape index (κ1) is 23.0. The van der Waals surface area contributed by atoms with Crippen LogP contribution in [-0.4, -0.2) is 42.0 Å². The molecule has 3 rings (SSSR count). The van der Waals surface area contributed by atoms with Gasteiger partial charge in [0.25, 0.3) is 11.7 Å². The standard InChI is InChI=1S/C25H28ClNO4/c1-25(2,3)18-10-6-16(7-11-18)21-20(22(28)17-8-12-19(26)13-9-17)23(29)24(30)27(21)14-5-15-31-4/h6-13,21,28H,5,14-15H2,1-4H3/t21-/m1/s1. The number of likely N-dealkylation sites (tertiary alicyclic amines) is 1. The van der Waals surface area contributed by atoms with Crippen molar-refractivity contribution in [3.8, 4) is 0 Å². The van der Waals surface area contributed by atoms with E-state index in [1.165, 1.54) is 4.90 Å². The van der Waals surface area contributed by atoms with Gasteiger partial charge in [-0.25, -0.2) is 0 Å². The molecule has 0 bridgehead atoms. The van der Waals surface area contributed by atoms with Gasteiger partial charge >= 0.3 is 0 Å². The van der Waals surface area contributed by atoms with Crippen molar-refractivity contribution in [2.45, 2.75) is 38.6 Å². The zero-order valence-electron chi connectivity index (χ0n) is 18.3. The van der Waals surface area contributed by atoms with E-state index in [2.05, 4.69) is 20.8 Å². The number of amides is 1. The smallest absolute Gasteiger partial charge is 0.295 e. The van der Waals surface area contributed by atoms with Crippen LogP contribution >= 0.6 is 11.6 Å². The Labute approximate surface area is 188 Å². The van der Waals surface area contributed by atoms with Crippen molar-refractivity contribution in [1.82, 2.24) is 4.90 Å². The van der Waals surface area contributed by atoms with E-state index in [1.54, 1.807) is 31.4 Å². The Morgan fingerprint density at radius 2 is 1.68 bits per heavy atom. The van der Waals surface area contributed by atoms with Crippen LogP contribution in [0, 0.1) is 0 Å². The van der Waals surface area contributed by atoms with Gasteiger partial charge in [-0.1, -0.05) is 56.6 Å². The molecule has 5 nitrogen and oxygen atoms in total. The molecule has 0 aromatic heterocycles. The van der Waals surface area contributed by atoms with Crippen molar-refractivity contribution in [3.05, 3.63) is 75.8 Å². The third-order valence-corrected chi connectivity index (χ3v) is 5.75. The van der Waals surface area contributed by atoms with Crippen molar-refractivity contribution in [3.63, 3.8) is 0 Å². The lowest BCUT2D eigenvalue weighted by Crippen LogP contribution is -2.31. The Morgan fingerprint density at radius 3 is 2.23 bits per heavy atom. The molecule has 0 unspecified atom stereocenters. The van der Waals surface area contributed by atoms with Crippen molar-refractivity contribution < 1.29 is 19.4 Å². The minimum atomic E-state index is -0.685. The van der Waals surface area contributed by atoms with Crippen LogP contribution in [-0.2, 0) is 19.7 Å². The Morgan fingerprint density at radius 1 is 1.06 bits per heavy atom.